The number of rotatable bonds is 1. The highest BCUT2D eigenvalue weighted by Crippen LogP contribution is 2.31. The molecule has 7 heteroatoms. The maximum absolute atomic E-state index is 12.3. The first kappa shape index (κ1) is 14.7. The first-order valence-corrected chi connectivity index (χ1v) is 7.64. The van der Waals surface area contributed by atoms with E-state index in [1.807, 2.05) is 32.0 Å². The minimum Gasteiger partial charge on any atom is -0.355 e. The van der Waals surface area contributed by atoms with Crippen LogP contribution in [0.1, 0.15) is 13.8 Å². The number of thiocarbonyl (C=S) groups is 1. The molecule has 1 aromatic rings. The van der Waals surface area contributed by atoms with Gasteiger partial charge < -0.3 is 10.6 Å². The number of hydrogen-bond acceptors (Lipinski definition) is 2. The minimum absolute atomic E-state index is 0.195. The van der Waals surface area contributed by atoms with Crippen LogP contribution >= 0.6 is 44.1 Å². The van der Waals surface area contributed by atoms with Gasteiger partial charge in [-0.2, -0.15) is 0 Å². The summed E-state index contributed by atoms with van der Waals surface area (Å²) in [5.41, 5.74) is 0.500. The van der Waals surface area contributed by atoms with Crippen LogP contribution in [0.25, 0.3) is 0 Å². The molecular weight excluding hydrogens is 394 g/mol. The maximum atomic E-state index is 12.3. The Hall–Kier alpha value is -0.660. The fourth-order valence-electron chi connectivity index (χ4n) is 1.82. The van der Waals surface area contributed by atoms with Gasteiger partial charge in [0.2, 0.25) is 0 Å². The molecule has 0 atom stereocenters. The van der Waals surface area contributed by atoms with Gasteiger partial charge in [0, 0.05) is 8.95 Å². The number of carbonyl (C=O) groups is 1. The average Bonchev–Trinajstić information content (AvgIpc) is 2.57. The molecule has 0 aromatic heterocycles. The third kappa shape index (κ3) is 3.27. The van der Waals surface area contributed by atoms with Crippen molar-refractivity contribution in [2.24, 2.45) is 0 Å². The zero-order valence-electron chi connectivity index (χ0n) is 10.5. The molecule has 1 aromatic carbocycles. The van der Waals surface area contributed by atoms with Crippen molar-refractivity contribution in [2.75, 3.05) is 11.9 Å². The fourth-order valence-corrected chi connectivity index (χ4v) is 3.44. The van der Waals surface area contributed by atoms with Crippen molar-refractivity contribution in [3.63, 3.8) is 0 Å². The largest absolute Gasteiger partial charge is 0.355 e. The molecule has 2 amide bonds. The van der Waals surface area contributed by atoms with Crippen LogP contribution in [0.3, 0.4) is 0 Å². The van der Waals surface area contributed by atoms with Gasteiger partial charge in [-0.25, -0.2) is 4.79 Å². The van der Waals surface area contributed by atoms with Crippen LogP contribution in [0.5, 0.6) is 0 Å². The lowest BCUT2D eigenvalue weighted by Crippen LogP contribution is -2.37. The highest BCUT2D eigenvalue weighted by molar-refractivity contribution is 9.11. The molecule has 102 valence electrons. The maximum Gasteiger partial charge on any atom is 0.328 e. The molecule has 2 N–H and O–H groups in total. The molecule has 0 saturated carbocycles. The van der Waals surface area contributed by atoms with Gasteiger partial charge in [-0.15, -0.1) is 0 Å². The summed E-state index contributed by atoms with van der Waals surface area (Å²) < 4.78 is 1.63. The predicted octanol–water partition coefficient (Wildman–Crippen LogP) is 3.71. The van der Waals surface area contributed by atoms with E-state index in [4.69, 9.17) is 12.2 Å². The summed E-state index contributed by atoms with van der Waals surface area (Å²) in [5.74, 6) is 0. The van der Waals surface area contributed by atoms with Crippen LogP contribution in [-0.4, -0.2) is 28.1 Å². The van der Waals surface area contributed by atoms with E-state index in [0.717, 1.165) is 8.95 Å². The van der Waals surface area contributed by atoms with Crippen LogP contribution < -0.4 is 10.6 Å². The number of para-hydroxylation sites is 1. The summed E-state index contributed by atoms with van der Waals surface area (Å²) in [5, 5.41) is 6.42. The highest BCUT2D eigenvalue weighted by Gasteiger charge is 2.36. The molecular formula is C12H13Br2N3OS. The average molecular weight is 407 g/mol. The molecule has 2 rings (SSSR count). The Kier molecular flexibility index (Phi) is 4.17. The third-order valence-corrected chi connectivity index (χ3v) is 4.33. The first-order chi connectivity index (χ1) is 8.80. The zero-order chi connectivity index (χ0) is 14.2. The second-order valence-electron chi connectivity index (χ2n) is 4.93. The number of hydrogen-bond donors (Lipinski definition) is 2. The number of nitrogens with one attached hydrogen (secondary N) is 2. The molecule has 19 heavy (non-hydrogen) atoms. The number of anilines is 1. The number of carbonyl (C=O) groups excluding carboxylic acids is 1. The number of amides is 2. The zero-order valence-corrected chi connectivity index (χ0v) is 14.4. The monoisotopic (exact) mass is 405 g/mol. The van der Waals surface area contributed by atoms with Crippen molar-refractivity contribution < 1.29 is 4.79 Å². The van der Waals surface area contributed by atoms with Gasteiger partial charge in [0.15, 0.2) is 5.11 Å². The van der Waals surface area contributed by atoms with Gasteiger partial charge in [0.25, 0.3) is 0 Å². The lowest BCUT2D eigenvalue weighted by molar-refractivity contribution is 0.233. The van der Waals surface area contributed by atoms with Crippen LogP contribution in [-0.2, 0) is 0 Å². The highest BCUT2D eigenvalue weighted by atomic mass is 79.9. The number of halogens is 2. The Morgan fingerprint density at radius 3 is 2.47 bits per heavy atom. The molecule has 0 radical (unpaired) electrons. The van der Waals surface area contributed by atoms with Crippen LogP contribution in [0, 0.1) is 0 Å². The summed E-state index contributed by atoms with van der Waals surface area (Å²) >= 11 is 12.0. The van der Waals surface area contributed by atoms with Crippen molar-refractivity contribution in [3.05, 3.63) is 27.1 Å². The summed E-state index contributed by atoms with van der Waals surface area (Å²) in [7, 11) is 0. The predicted molar refractivity (Wildman–Crippen MR) is 87.4 cm³/mol. The van der Waals surface area contributed by atoms with Crippen LogP contribution in [0.15, 0.2) is 27.1 Å². The van der Waals surface area contributed by atoms with Crippen LogP contribution in [0.2, 0.25) is 0 Å². The number of urea groups is 1. The SMILES string of the molecule is CC1(C)CN(C(=O)Nc2c(Br)cccc2Br)C(=S)N1. The van der Waals surface area contributed by atoms with Crippen molar-refractivity contribution in [1.82, 2.24) is 10.2 Å². The third-order valence-electron chi connectivity index (χ3n) is 2.68. The molecule has 1 aliphatic heterocycles. The Morgan fingerprint density at radius 2 is 2.00 bits per heavy atom. The van der Waals surface area contributed by atoms with Gasteiger partial charge in [-0.1, -0.05) is 6.07 Å². The van der Waals surface area contributed by atoms with Gasteiger partial charge >= 0.3 is 6.03 Å². The molecule has 0 aliphatic carbocycles. The van der Waals surface area contributed by atoms with E-state index < -0.39 is 0 Å². The van der Waals surface area contributed by atoms with E-state index in [9.17, 15) is 4.79 Å². The second kappa shape index (κ2) is 5.38. The molecule has 0 spiro atoms. The smallest absolute Gasteiger partial charge is 0.328 e. The number of benzene rings is 1. The molecule has 1 fully saturated rings. The molecule has 1 saturated heterocycles. The fraction of sp³-hybridized carbons (Fsp3) is 0.333. The quantitative estimate of drug-likeness (QED) is 0.698. The molecule has 1 heterocycles. The van der Waals surface area contributed by atoms with Gasteiger partial charge in [-0.05, 0) is 70.1 Å². The van der Waals surface area contributed by atoms with E-state index in [1.165, 1.54) is 4.90 Å². The minimum atomic E-state index is -0.240. The summed E-state index contributed by atoms with van der Waals surface area (Å²) in [4.78, 5) is 13.8. The Labute approximate surface area is 134 Å². The standard InChI is InChI=1S/C12H13Br2N3OS/c1-12(2)6-17(11(19)16-12)10(18)15-9-7(13)4-3-5-8(9)14/h3-5H,6H2,1-2H3,(H,15,18)(H,16,19). The van der Waals surface area contributed by atoms with E-state index in [2.05, 4.69) is 42.5 Å². The van der Waals surface area contributed by atoms with Gasteiger partial charge in [0.1, 0.15) is 0 Å². The van der Waals surface area contributed by atoms with Crippen LogP contribution in [0.4, 0.5) is 10.5 Å². The lowest BCUT2D eigenvalue weighted by atomic mass is 10.1. The lowest BCUT2D eigenvalue weighted by Gasteiger charge is -2.18. The summed E-state index contributed by atoms with van der Waals surface area (Å²) in [6.07, 6.45) is 0. The number of nitrogens with zero attached hydrogens (tertiary/aromatic N) is 1. The van der Waals surface area contributed by atoms with E-state index in [0.29, 0.717) is 17.3 Å². The topological polar surface area (TPSA) is 44.4 Å². The van der Waals surface area contributed by atoms with Crippen molar-refractivity contribution in [1.29, 1.82) is 0 Å². The summed E-state index contributed by atoms with van der Waals surface area (Å²) in [6, 6.07) is 5.38. The Morgan fingerprint density at radius 1 is 1.42 bits per heavy atom. The molecule has 0 unspecified atom stereocenters. The van der Waals surface area contributed by atoms with Gasteiger partial charge in [0.05, 0.1) is 17.8 Å². The van der Waals surface area contributed by atoms with E-state index in [-0.39, 0.29) is 11.6 Å². The van der Waals surface area contributed by atoms with Crippen molar-refractivity contribution >= 4 is 60.9 Å². The Bertz CT molecular complexity index is 528. The summed E-state index contributed by atoms with van der Waals surface area (Å²) in [6.45, 7) is 4.54. The second-order valence-corrected chi connectivity index (χ2v) is 7.02. The van der Waals surface area contributed by atoms with Crippen molar-refractivity contribution in [2.45, 2.75) is 19.4 Å². The normalized spacial score (nSPS) is 17.3. The first-order valence-electron chi connectivity index (χ1n) is 5.65. The van der Waals surface area contributed by atoms with Gasteiger partial charge in [-0.3, -0.25) is 4.90 Å². The van der Waals surface area contributed by atoms with Crippen molar-refractivity contribution in [3.8, 4) is 0 Å². The van der Waals surface area contributed by atoms with E-state index >= 15 is 0 Å². The molecule has 4 nitrogen and oxygen atoms in total. The van der Waals surface area contributed by atoms with E-state index in [1.54, 1.807) is 0 Å². The molecule has 1 aliphatic rings. The molecule has 0 bridgehead atoms. The Balaban J connectivity index is 2.16.